The van der Waals surface area contributed by atoms with E-state index in [1.807, 2.05) is 0 Å². The molecule has 2 atom stereocenters. The number of aliphatic hydroxyl groups is 1. The molecule has 0 radical (unpaired) electrons. The summed E-state index contributed by atoms with van der Waals surface area (Å²) in [5, 5.41) is 18.5. The van der Waals surface area contributed by atoms with Crippen LogP contribution in [0.1, 0.15) is 16.8 Å². The molecule has 1 amide bonds. The number of carboxylic acid groups (broad SMARTS) is 1. The van der Waals surface area contributed by atoms with Crippen molar-refractivity contribution in [3.05, 3.63) is 34.1 Å². The average Bonchev–Trinajstić information content (AvgIpc) is 2.74. The fraction of sp³-hybridized carbons (Fsp3) is 0.333. The van der Waals surface area contributed by atoms with Gasteiger partial charge in [0.25, 0.3) is 5.91 Å². The van der Waals surface area contributed by atoms with Crippen LogP contribution in [0.4, 0.5) is 4.39 Å². The number of carbonyl (C=O) groups is 2. The molecule has 102 valence electrons. The van der Waals surface area contributed by atoms with Crippen LogP contribution >= 0.6 is 15.9 Å². The molecule has 5 nitrogen and oxygen atoms in total. The van der Waals surface area contributed by atoms with E-state index in [2.05, 4.69) is 15.9 Å². The van der Waals surface area contributed by atoms with E-state index < -0.39 is 29.8 Å². The third kappa shape index (κ3) is 2.76. The average molecular weight is 332 g/mol. The zero-order valence-electron chi connectivity index (χ0n) is 9.72. The van der Waals surface area contributed by atoms with Crippen molar-refractivity contribution < 1.29 is 24.2 Å². The van der Waals surface area contributed by atoms with Gasteiger partial charge >= 0.3 is 5.97 Å². The maximum Gasteiger partial charge on any atom is 0.326 e. The van der Waals surface area contributed by atoms with Gasteiger partial charge in [-0.1, -0.05) is 0 Å². The van der Waals surface area contributed by atoms with Crippen LogP contribution in [0.2, 0.25) is 0 Å². The van der Waals surface area contributed by atoms with Crippen molar-refractivity contribution in [3.8, 4) is 0 Å². The predicted octanol–water partition coefficient (Wildman–Crippen LogP) is 1.25. The van der Waals surface area contributed by atoms with Gasteiger partial charge in [-0.15, -0.1) is 0 Å². The quantitative estimate of drug-likeness (QED) is 0.854. The number of amides is 1. The number of β-amino-alcohol motifs (C(OH)–C–C–N with tert-alkyl or cyclic N) is 1. The number of aliphatic carboxylic acids is 1. The Morgan fingerprint density at radius 3 is 2.68 bits per heavy atom. The zero-order valence-corrected chi connectivity index (χ0v) is 11.3. The van der Waals surface area contributed by atoms with E-state index in [9.17, 15) is 19.1 Å². The van der Waals surface area contributed by atoms with Gasteiger partial charge in [0.2, 0.25) is 0 Å². The molecular weight excluding hydrogens is 321 g/mol. The van der Waals surface area contributed by atoms with Crippen molar-refractivity contribution in [2.24, 2.45) is 0 Å². The summed E-state index contributed by atoms with van der Waals surface area (Å²) in [6, 6.07) is 2.65. The molecule has 1 saturated heterocycles. The minimum absolute atomic E-state index is 0.00341. The van der Waals surface area contributed by atoms with E-state index in [1.165, 1.54) is 12.1 Å². The summed E-state index contributed by atoms with van der Waals surface area (Å²) >= 11 is 2.97. The lowest BCUT2D eigenvalue weighted by Crippen LogP contribution is -2.40. The molecular formula is C12H11BrFNO4. The van der Waals surface area contributed by atoms with Crippen molar-refractivity contribution in [1.82, 2.24) is 4.90 Å². The molecule has 0 bridgehead atoms. The standard InChI is InChI=1S/C12H11BrFNO4/c13-8-3-6(1-2-9(8)14)11(17)15-5-7(16)4-10(15)12(18)19/h1-3,7,10,16H,4-5H2,(H,18,19)/t7-,10+/m1/s1. The number of benzene rings is 1. The lowest BCUT2D eigenvalue weighted by molar-refractivity contribution is -0.141. The largest absolute Gasteiger partial charge is 0.480 e. The summed E-state index contributed by atoms with van der Waals surface area (Å²) in [7, 11) is 0. The van der Waals surface area contributed by atoms with Crippen LogP contribution in [-0.4, -0.2) is 45.7 Å². The summed E-state index contributed by atoms with van der Waals surface area (Å²) in [6.45, 7) is -0.0369. The van der Waals surface area contributed by atoms with Crippen molar-refractivity contribution in [1.29, 1.82) is 0 Å². The van der Waals surface area contributed by atoms with Crippen molar-refractivity contribution in [2.45, 2.75) is 18.6 Å². The summed E-state index contributed by atoms with van der Waals surface area (Å²) < 4.78 is 13.2. The number of carbonyl (C=O) groups excluding carboxylic acids is 1. The molecule has 2 rings (SSSR count). The third-order valence-electron chi connectivity index (χ3n) is 2.99. The summed E-state index contributed by atoms with van der Waals surface area (Å²) in [4.78, 5) is 24.3. The first-order valence-corrected chi connectivity index (χ1v) is 6.36. The minimum Gasteiger partial charge on any atom is -0.480 e. The molecule has 1 heterocycles. The fourth-order valence-electron chi connectivity index (χ4n) is 2.07. The number of nitrogens with zero attached hydrogens (tertiary/aromatic N) is 1. The van der Waals surface area contributed by atoms with Crippen molar-refractivity contribution in [3.63, 3.8) is 0 Å². The van der Waals surface area contributed by atoms with Gasteiger partial charge in [-0.3, -0.25) is 4.79 Å². The highest BCUT2D eigenvalue weighted by atomic mass is 79.9. The Hall–Kier alpha value is -1.47. The van der Waals surface area contributed by atoms with Gasteiger partial charge in [-0.2, -0.15) is 0 Å². The molecule has 7 heteroatoms. The molecule has 0 aliphatic carbocycles. The summed E-state index contributed by atoms with van der Waals surface area (Å²) in [6.07, 6.45) is -0.849. The van der Waals surface area contributed by atoms with Crippen LogP contribution in [0.15, 0.2) is 22.7 Å². The number of aliphatic hydroxyl groups excluding tert-OH is 1. The van der Waals surface area contributed by atoms with Gasteiger partial charge in [0.1, 0.15) is 11.9 Å². The Labute approximate surface area is 116 Å². The molecule has 0 aromatic heterocycles. The van der Waals surface area contributed by atoms with E-state index in [0.29, 0.717) is 0 Å². The predicted molar refractivity (Wildman–Crippen MR) is 67.2 cm³/mol. The van der Waals surface area contributed by atoms with E-state index >= 15 is 0 Å². The SMILES string of the molecule is O=C(O)[C@@H]1C[C@@H](O)CN1C(=O)c1ccc(F)c(Br)c1. The lowest BCUT2D eigenvalue weighted by atomic mass is 10.1. The van der Waals surface area contributed by atoms with Gasteiger partial charge in [-0.25, -0.2) is 9.18 Å². The highest BCUT2D eigenvalue weighted by Gasteiger charge is 2.39. The van der Waals surface area contributed by atoms with Gasteiger partial charge in [0, 0.05) is 18.5 Å². The summed E-state index contributed by atoms with van der Waals surface area (Å²) in [5.41, 5.74) is 0.175. The number of halogens is 2. The number of hydrogen-bond acceptors (Lipinski definition) is 3. The van der Waals surface area contributed by atoms with Crippen LogP contribution < -0.4 is 0 Å². The second-order valence-corrected chi connectivity index (χ2v) is 5.18. The monoisotopic (exact) mass is 331 g/mol. The number of likely N-dealkylation sites (tertiary alicyclic amines) is 1. The van der Waals surface area contributed by atoms with Crippen LogP contribution in [0, 0.1) is 5.82 Å². The molecule has 0 saturated carbocycles. The van der Waals surface area contributed by atoms with Crippen LogP contribution in [0.3, 0.4) is 0 Å². The smallest absolute Gasteiger partial charge is 0.326 e. The minimum atomic E-state index is -1.16. The molecule has 1 aromatic carbocycles. The van der Waals surface area contributed by atoms with Crippen molar-refractivity contribution >= 4 is 27.8 Å². The Kier molecular flexibility index (Phi) is 3.86. The van der Waals surface area contributed by atoms with E-state index in [0.717, 1.165) is 11.0 Å². The summed E-state index contributed by atoms with van der Waals surface area (Å²) in [5.74, 6) is -2.21. The molecule has 0 spiro atoms. The normalized spacial score (nSPS) is 22.6. The molecule has 1 aliphatic rings. The van der Waals surface area contributed by atoms with Gasteiger partial charge in [0.15, 0.2) is 0 Å². The number of hydrogen-bond donors (Lipinski definition) is 2. The van der Waals surface area contributed by atoms with Crippen LogP contribution in [0.5, 0.6) is 0 Å². The second-order valence-electron chi connectivity index (χ2n) is 4.33. The number of rotatable bonds is 2. The van der Waals surface area contributed by atoms with Crippen LogP contribution in [0.25, 0.3) is 0 Å². The number of carboxylic acids is 1. The van der Waals surface area contributed by atoms with E-state index in [4.69, 9.17) is 5.11 Å². The molecule has 19 heavy (non-hydrogen) atoms. The maximum absolute atomic E-state index is 13.1. The van der Waals surface area contributed by atoms with Crippen molar-refractivity contribution in [2.75, 3.05) is 6.54 Å². The molecule has 1 aliphatic heterocycles. The first-order valence-electron chi connectivity index (χ1n) is 5.57. The topological polar surface area (TPSA) is 77.8 Å². The second kappa shape index (κ2) is 5.26. The Balaban J connectivity index is 2.27. The first-order chi connectivity index (χ1) is 8.90. The van der Waals surface area contributed by atoms with Gasteiger partial charge < -0.3 is 15.1 Å². The fourth-order valence-corrected chi connectivity index (χ4v) is 2.45. The highest BCUT2D eigenvalue weighted by Crippen LogP contribution is 2.23. The molecule has 0 unspecified atom stereocenters. The van der Waals surface area contributed by atoms with E-state index in [-0.39, 0.29) is 23.0 Å². The van der Waals surface area contributed by atoms with Gasteiger partial charge in [-0.05, 0) is 34.1 Å². The van der Waals surface area contributed by atoms with Crippen LogP contribution in [-0.2, 0) is 4.79 Å². The molecule has 1 fully saturated rings. The zero-order chi connectivity index (χ0) is 14.2. The first kappa shape index (κ1) is 14.0. The molecule has 1 aromatic rings. The van der Waals surface area contributed by atoms with E-state index in [1.54, 1.807) is 0 Å². The highest BCUT2D eigenvalue weighted by molar-refractivity contribution is 9.10. The van der Waals surface area contributed by atoms with Gasteiger partial charge in [0.05, 0.1) is 10.6 Å². The molecule has 2 N–H and O–H groups in total. The Bertz CT molecular complexity index is 536. The Morgan fingerprint density at radius 1 is 1.42 bits per heavy atom. The maximum atomic E-state index is 13.1. The Morgan fingerprint density at radius 2 is 2.11 bits per heavy atom. The lowest BCUT2D eigenvalue weighted by Gasteiger charge is -2.21. The third-order valence-corrected chi connectivity index (χ3v) is 3.60.